The Kier molecular flexibility index (Phi) is 4.02. The zero-order valence-corrected chi connectivity index (χ0v) is 12.4. The van der Waals surface area contributed by atoms with E-state index in [0.29, 0.717) is 6.54 Å². The minimum absolute atomic E-state index is 0.186. The number of nitrogens with one attached hydrogen (secondary N) is 2. The quantitative estimate of drug-likeness (QED) is 0.868. The maximum Gasteiger partial charge on any atom is 0.269 e. The highest BCUT2D eigenvalue weighted by atomic mass is 16.2. The molecule has 0 bridgehead atoms. The van der Waals surface area contributed by atoms with Crippen LogP contribution in [0.1, 0.15) is 21.6 Å². The van der Waals surface area contributed by atoms with Crippen LogP contribution in [0.25, 0.3) is 0 Å². The molecule has 2 heterocycles. The van der Waals surface area contributed by atoms with Gasteiger partial charge in [0.25, 0.3) is 11.5 Å². The summed E-state index contributed by atoms with van der Waals surface area (Å²) in [5.41, 5.74) is 2.47. The van der Waals surface area contributed by atoms with Crippen LogP contribution in [-0.2, 0) is 13.0 Å². The Morgan fingerprint density at radius 1 is 1.36 bits per heavy atom. The first-order valence-corrected chi connectivity index (χ1v) is 7.23. The Balaban J connectivity index is 1.64. The van der Waals surface area contributed by atoms with Gasteiger partial charge in [0.1, 0.15) is 5.69 Å². The maximum atomic E-state index is 12.1. The fraction of sp³-hybridized carbons (Fsp3) is 0.312. The minimum atomic E-state index is -0.378. The third kappa shape index (κ3) is 3.07. The number of benzene rings is 1. The van der Waals surface area contributed by atoms with Crippen molar-refractivity contribution in [1.29, 1.82) is 0 Å². The van der Waals surface area contributed by atoms with E-state index < -0.39 is 0 Å². The van der Waals surface area contributed by atoms with E-state index in [1.165, 1.54) is 17.3 Å². The summed E-state index contributed by atoms with van der Waals surface area (Å²) in [5, 5.41) is 2.87. The van der Waals surface area contributed by atoms with Crippen molar-refractivity contribution < 1.29 is 4.79 Å². The van der Waals surface area contributed by atoms with Crippen LogP contribution in [0, 0.1) is 0 Å². The smallest absolute Gasteiger partial charge is 0.269 e. The van der Waals surface area contributed by atoms with Gasteiger partial charge in [0.15, 0.2) is 0 Å². The van der Waals surface area contributed by atoms with Gasteiger partial charge >= 0.3 is 0 Å². The van der Waals surface area contributed by atoms with E-state index >= 15 is 0 Å². The number of hydrogen-bond acceptors (Lipinski definition) is 4. The normalized spacial score (nSPS) is 17.8. The molecule has 6 nitrogen and oxygen atoms in total. The first-order valence-electron chi connectivity index (χ1n) is 7.23. The molecule has 2 N–H and O–H groups in total. The van der Waals surface area contributed by atoms with Gasteiger partial charge in [-0.25, -0.2) is 0 Å². The fourth-order valence-corrected chi connectivity index (χ4v) is 2.74. The standard InChI is InChI=1S/C16H18N4O2/c1-20-10-12-5-3-2-4-11(12)6-13(20)7-18-16(22)14-8-17-9-15(21)19-14/h2-5,8-9,13H,6-7,10H2,1H3,(H,18,22)(H,19,21)/t13-/m1/s1. The van der Waals surface area contributed by atoms with E-state index in [2.05, 4.69) is 39.4 Å². The highest BCUT2D eigenvalue weighted by Crippen LogP contribution is 2.21. The van der Waals surface area contributed by atoms with Gasteiger partial charge in [0.2, 0.25) is 0 Å². The largest absolute Gasteiger partial charge is 0.349 e. The number of likely N-dealkylation sites (N-methyl/N-ethyl adjacent to an activating group) is 1. The predicted molar refractivity (Wildman–Crippen MR) is 82.6 cm³/mol. The summed E-state index contributed by atoms with van der Waals surface area (Å²) in [6.07, 6.45) is 3.40. The van der Waals surface area contributed by atoms with Crippen molar-refractivity contribution in [3.63, 3.8) is 0 Å². The Labute approximate surface area is 128 Å². The summed E-state index contributed by atoms with van der Waals surface area (Å²) in [5.74, 6) is -0.308. The number of amides is 1. The van der Waals surface area contributed by atoms with E-state index in [4.69, 9.17) is 0 Å². The minimum Gasteiger partial charge on any atom is -0.349 e. The van der Waals surface area contributed by atoms with Gasteiger partial charge in [-0.2, -0.15) is 0 Å². The second kappa shape index (κ2) is 6.11. The molecule has 1 aliphatic heterocycles. The first-order chi connectivity index (χ1) is 10.6. The molecule has 0 fully saturated rings. The number of carbonyl (C=O) groups is 1. The molecule has 0 saturated heterocycles. The molecule has 1 aliphatic rings. The SMILES string of the molecule is CN1Cc2ccccc2C[C@@H]1CNC(=O)c1cncc(=O)[nH]1. The molecular weight excluding hydrogens is 280 g/mol. The molecule has 1 amide bonds. The van der Waals surface area contributed by atoms with Crippen LogP contribution in [0.3, 0.4) is 0 Å². The predicted octanol–water partition coefficient (Wildman–Crippen LogP) is 0.556. The van der Waals surface area contributed by atoms with Crippen LogP contribution < -0.4 is 10.9 Å². The number of rotatable bonds is 3. The summed E-state index contributed by atoms with van der Waals surface area (Å²) in [6, 6.07) is 8.60. The molecule has 0 unspecified atom stereocenters. The number of fused-ring (bicyclic) bond motifs is 1. The number of aromatic amines is 1. The molecule has 1 aromatic carbocycles. The van der Waals surface area contributed by atoms with Gasteiger partial charge in [0, 0.05) is 19.1 Å². The monoisotopic (exact) mass is 298 g/mol. The van der Waals surface area contributed by atoms with E-state index in [1.54, 1.807) is 0 Å². The second-order valence-electron chi connectivity index (χ2n) is 5.56. The van der Waals surface area contributed by atoms with Gasteiger partial charge in [-0.15, -0.1) is 0 Å². The zero-order chi connectivity index (χ0) is 15.5. The topological polar surface area (TPSA) is 78.1 Å². The molecule has 0 spiro atoms. The molecule has 2 aromatic rings. The van der Waals surface area contributed by atoms with Crippen LogP contribution in [0.15, 0.2) is 41.5 Å². The lowest BCUT2D eigenvalue weighted by Crippen LogP contribution is -2.45. The van der Waals surface area contributed by atoms with Gasteiger partial charge in [-0.1, -0.05) is 24.3 Å². The molecule has 0 aliphatic carbocycles. The summed E-state index contributed by atoms with van der Waals surface area (Å²) in [7, 11) is 2.05. The number of H-pyrrole nitrogens is 1. The van der Waals surface area contributed by atoms with Crippen LogP contribution >= 0.6 is 0 Å². The van der Waals surface area contributed by atoms with Crippen molar-refractivity contribution in [3.05, 3.63) is 63.8 Å². The number of aromatic nitrogens is 2. The number of nitrogens with zero attached hydrogens (tertiary/aromatic N) is 2. The third-order valence-corrected chi connectivity index (χ3v) is 4.01. The fourth-order valence-electron chi connectivity index (χ4n) is 2.74. The molecule has 0 radical (unpaired) electrons. The van der Waals surface area contributed by atoms with Gasteiger partial charge < -0.3 is 10.3 Å². The van der Waals surface area contributed by atoms with Crippen molar-refractivity contribution in [2.24, 2.45) is 0 Å². The Bertz CT molecular complexity index is 741. The Morgan fingerprint density at radius 2 is 2.14 bits per heavy atom. The van der Waals surface area contributed by atoms with Crippen LogP contribution in [0.5, 0.6) is 0 Å². The lowest BCUT2D eigenvalue weighted by atomic mass is 9.94. The van der Waals surface area contributed by atoms with Crippen molar-refractivity contribution in [2.75, 3.05) is 13.6 Å². The van der Waals surface area contributed by atoms with Gasteiger partial charge in [-0.3, -0.25) is 19.5 Å². The average Bonchev–Trinajstić information content (AvgIpc) is 2.52. The molecule has 3 rings (SSSR count). The van der Waals surface area contributed by atoms with E-state index in [0.717, 1.165) is 19.2 Å². The summed E-state index contributed by atoms with van der Waals surface area (Å²) in [6.45, 7) is 1.40. The summed E-state index contributed by atoms with van der Waals surface area (Å²) < 4.78 is 0. The summed E-state index contributed by atoms with van der Waals surface area (Å²) >= 11 is 0. The molecular formula is C16H18N4O2. The third-order valence-electron chi connectivity index (χ3n) is 4.01. The highest BCUT2D eigenvalue weighted by Gasteiger charge is 2.23. The maximum absolute atomic E-state index is 12.1. The highest BCUT2D eigenvalue weighted by molar-refractivity contribution is 5.91. The van der Waals surface area contributed by atoms with Crippen LogP contribution in [0.4, 0.5) is 0 Å². The lowest BCUT2D eigenvalue weighted by Gasteiger charge is -2.34. The molecule has 1 atom stereocenters. The lowest BCUT2D eigenvalue weighted by molar-refractivity contribution is 0.0929. The first kappa shape index (κ1) is 14.5. The molecule has 6 heteroatoms. The van der Waals surface area contributed by atoms with E-state index in [9.17, 15) is 9.59 Å². The van der Waals surface area contributed by atoms with Crippen molar-refractivity contribution in [3.8, 4) is 0 Å². The van der Waals surface area contributed by atoms with Crippen LogP contribution in [-0.4, -0.2) is 40.4 Å². The second-order valence-corrected chi connectivity index (χ2v) is 5.56. The average molecular weight is 298 g/mol. The zero-order valence-electron chi connectivity index (χ0n) is 12.4. The molecule has 22 heavy (non-hydrogen) atoms. The van der Waals surface area contributed by atoms with Crippen LogP contribution in [0.2, 0.25) is 0 Å². The number of hydrogen-bond donors (Lipinski definition) is 2. The van der Waals surface area contributed by atoms with Gasteiger partial charge in [-0.05, 0) is 24.6 Å². The summed E-state index contributed by atoms with van der Waals surface area (Å²) in [4.78, 5) is 31.7. The van der Waals surface area contributed by atoms with Crippen molar-refractivity contribution in [2.45, 2.75) is 19.0 Å². The molecule has 0 saturated carbocycles. The molecule has 114 valence electrons. The van der Waals surface area contributed by atoms with Crippen molar-refractivity contribution in [1.82, 2.24) is 20.2 Å². The van der Waals surface area contributed by atoms with Gasteiger partial charge in [0.05, 0.1) is 12.4 Å². The van der Waals surface area contributed by atoms with E-state index in [1.807, 2.05) is 12.1 Å². The molecule has 1 aromatic heterocycles. The Hall–Kier alpha value is -2.47. The van der Waals surface area contributed by atoms with E-state index in [-0.39, 0.29) is 23.2 Å². The Morgan fingerprint density at radius 3 is 2.91 bits per heavy atom. The number of carbonyl (C=O) groups excluding carboxylic acids is 1. The van der Waals surface area contributed by atoms with Crippen molar-refractivity contribution >= 4 is 5.91 Å².